The number of rotatable bonds is 8. The van der Waals surface area contributed by atoms with Crippen molar-refractivity contribution in [1.82, 2.24) is 5.32 Å². The molecule has 0 spiro atoms. The molecule has 2 N–H and O–H groups in total. The zero-order valence-corrected chi connectivity index (χ0v) is 14.3. The maximum atomic E-state index is 12.3. The number of carbonyl (C=O) groups is 1. The Kier molecular flexibility index (Phi) is 6.96. The highest BCUT2D eigenvalue weighted by Gasteiger charge is 2.11. The molecule has 1 atom stereocenters. The monoisotopic (exact) mass is 335 g/mol. The van der Waals surface area contributed by atoms with Gasteiger partial charge >= 0.3 is 0 Å². The molecule has 1 aromatic heterocycles. The van der Waals surface area contributed by atoms with Crippen LogP contribution in [0.1, 0.15) is 35.0 Å². The van der Waals surface area contributed by atoms with Gasteiger partial charge in [0.05, 0.1) is 11.7 Å². The summed E-state index contributed by atoms with van der Waals surface area (Å²) in [4.78, 5) is 14.6. The molecule has 0 fully saturated rings. The first-order valence-electron chi connectivity index (χ1n) is 7.41. The third-order valence-corrected chi connectivity index (χ3v) is 5.50. The molecule has 0 aliphatic carbocycles. The van der Waals surface area contributed by atoms with Crippen molar-refractivity contribution >= 4 is 29.0 Å². The van der Waals surface area contributed by atoms with Crippen LogP contribution in [0.2, 0.25) is 0 Å². The summed E-state index contributed by atoms with van der Waals surface area (Å²) in [6, 6.07) is 11.8. The molecule has 5 heteroatoms. The smallest absolute Gasteiger partial charge is 0.252 e. The molecular weight excluding hydrogens is 314 g/mol. The van der Waals surface area contributed by atoms with Crippen molar-refractivity contribution in [1.29, 1.82) is 0 Å². The van der Waals surface area contributed by atoms with E-state index < -0.39 is 0 Å². The quantitative estimate of drug-likeness (QED) is 0.719. The fourth-order valence-electron chi connectivity index (χ4n) is 1.98. The third-order valence-electron chi connectivity index (χ3n) is 3.32. The molecule has 2 aromatic rings. The van der Waals surface area contributed by atoms with Crippen molar-refractivity contribution in [2.75, 3.05) is 6.54 Å². The zero-order chi connectivity index (χ0) is 15.8. The second-order valence-electron chi connectivity index (χ2n) is 4.97. The number of hydrogen-bond acceptors (Lipinski definition) is 4. The Morgan fingerprint density at radius 1 is 1.32 bits per heavy atom. The van der Waals surface area contributed by atoms with E-state index in [1.807, 2.05) is 37.3 Å². The van der Waals surface area contributed by atoms with Gasteiger partial charge in [0.25, 0.3) is 5.91 Å². The van der Waals surface area contributed by atoms with Gasteiger partial charge in [0.1, 0.15) is 0 Å². The number of thioether (sulfide) groups is 1. The van der Waals surface area contributed by atoms with E-state index in [9.17, 15) is 9.90 Å². The first kappa shape index (κ1) is 17.1. The lowest BCUT2D eigenvalue weighted by molar-refractivity contribution is 0.0939. The minimum atomic E-state index is -0.344. The van der Waals surface area contributed by atoms with Crippen molar-refractivity contribution in [3.63, 3.8) is 0 Å². The van der Waals surface area contributed by atoms with Crippen LogP contribution in [0, 0.1) is 0 Å². The Morgan fingerprint density at radius 3 is 2.86 bits per heavy atom. The van der Waals surface area contributed by atoms with E-state index in [1.165, 1.54) is 4.88 Å². The molecule has 3 nitrogen and oxygen atoms in total. The average molecular weight is 335 g/mol. The number of benzene rings is 1. The van der Waals surface area contributed by atoms with Crippen LogP contribution in [-0.2, 0) is 5.75 Å². The summed E-state index contributed by atoms with van der Waals surface area (Å²) < 4.78 is 0. The van der Waals surface area contributed by atoms with Crippen molar-refractivity contribution in [2.45, 2.75) is 36.5 Å². The maximum absolute atomic E-state index is 12.3. The van der Waals surface area contributed by atoms with Gasteiger partial charge in [-0.3, -0.25) is 4.79 Å². The van der Waals surface area contributed by atoms with E-state index in [0.717, 1.165) is 10.6 Å². The molecule has 0 saturated carbocycles. The Bertz CT molecular complexity index is 584. The molecule has 2 rings (SSSR count). The van der Waals surface area contributed by atoms with Crippen LogP contribution >= 0.6 is 23.1 Å². The van der Waals surface area contributed by atoms with Gasteiger partial charge in [-0.2, -0.15) is 0 Å². The van der Waals surface area contributed by atoms with Crippen LogP contribution in [0.15, 0.2) is 46.7 Å². The summed E-state index contributed by atoms with van der Waals surface area (Å²) in [6.45, 7) is 2.43. The summed E-state index contributed by atoms with van der Waals surface area (Å²) in [7, 11) is 0. The highest BCUT2D eigenvalue weighted by atomic mass is 32.2. The summed E-state index contributed by atoms with van der Waals surface area (Å²) in [6.07, 6.45) is 0.958. The fourth-order valence-corrected chi connectivity index (χ4v) is 3.80. The molecule has 1 heterocycles. The fraction of sp³-hybridized carbons (Fsp3) is 0.353. The van der Waals surface area contributed by atoms with Gasteiger partial charge in [-0.15, -0.1) is 23.1 Å². The molecular formula is C17H21NO2S2. The molecule has 118 valence electrons. The molecule has 1 amide bonds. The van der Waals surface area contributed by atoms with Gasteiger partial charge in [-0.25, -0.2) is 0 Å². The van der Waals surface area contributed by atoms with E-state index >= 15 is 0 Å². The highest BCUT2D eigenvalue weighted by Crippen LogP contribution is 2.27. The van der Waals surface area contributed by atoms with Crippen molar-refractivity contribution in [2.24, 2.45) is 0 Å². The average Bonchev–Trinajstić information content (AvgIpc) is 3.06. The third kappa shape index (κ3) is 5.16. The number of carbonyl (C=O) groups excluding carboxylic acids is 1. The number of thiophene rings is 1. The van der Waals surface area contributed by atoms with Crippen LogP contribution in [0.4, 0.5) is 0 Å². The van der Waals surface area contributed by atoms with Crippen LogP contribution in [0.25, 0.3) is 0 Å². The van der Waals surface area contributed by atoms with Gasteiger partial charge in [0.2, 0.25) is 0 Å². The number of amides is 1. The Morgan fingerprint density at radius 2 is 2.14 bits per heavy atom. The summed E-state index contributed by atoms with van der Waals surface area (Å²) in [5.74, 6) is 0.800. The van der Waals surface area contributed by atoms with Gasteiger partial charge < -0.3 is 10.4 Å². The lowest BCUT2D eigenvalue weighted by Crippen LogP contribution is -2.27. The maximum Gasteiger partial charge on any atom is 0.252 e. The molecule has 22 heavy (non-hydrogen) atoms. The molecule has 1 aromatic carbocycles. The predicted octanol–water partition coefficient (Wildman–Crippen LogP) is 3.93. The first-order valence-corrected chi connectivity index (χ1v) is 9.27. The van der Waals surface area contributed by atoms with Crippen LogP contribution in [0.3, 0.4) is 0 Å². The molecule has 1 unspecified atom stereocenters. The van der Waals surface area contributed by atoms with Crippen LogP contribution < -0.4 is 5.32 Å². The molecule has 0 radical (unpaired) electrons. The normalized spacial score (nSPS) is 12.1. The van der Waals surface area contributed by atoms with Gasteiger partial charge in [0.15, 0.2) is 0 Å². The topological polar surface area (TPSA) is 49.3 Å². The first-order chi connectivity index (χ1) is 10.7. The minimum absolute atomic E-state index is 0.0717. The van der Waals surface area contributed by atoms with Crippen LogP contribution in [-0.4, -0.2) is 23.7 Å². The van der Waals surface area contributed by atoms with Crippen molar-refractivity contribution < 1.29 is 9.90 Å². The van der Waals surface area contributed by atoms with E-state index in [2.05, 4.69) is 16.8 Å². The lowest BCUT2D eigenvalue weighted by atomic mass is 10.2. The van der Waals surface area contributed by atoms with Crippen molar-refractivity contribution in [3.8, 4) is 0 Å². The summed E-state index contributed by atoms with van der Waals surface area (Å²) in [5.41, 5.74) is 0.704. The summed E-state index contributed by atoms with van der Waals surface area (Å²) in [5, 5.41) is 14.5. The Balaban J connectivity index is 1.93. The number of hydrogen-bond donors (Lipinski definition) is 2. The van der Waals surface area contributed by atoms with E-state index in [1.54, 1.807) is 23.1 Å². The van der Waals surface area contributed by atoms with Gasteiger partial charge in [-0.05, 0) is 36.4 Å². The zero-order valence-electron chi connectivity index (χ0n) is 12.6. The van der Waals surface area contributed by atoms with Crippen LogP contribution in [0.5, 0.6) is 0 Å². The molecule has 0 aliphatic heterocycles. The van der Waals surface area contributed by atoms with Crippen molar-refractivity contribution in [3.05, 3.63) is 52.2 Å². The molecule has 0 aliphatic rings. The second-order valence-corrected chi connectivity index (χ2v) is 7.02. The minimum Gasteiger partial charge on any atom is -0.393 e. The highest BCUT2D eigenvalue weighted by molar-refractivity contribution is 7.98. The number of aliphatic hydroxyl groups is 1. The second kappa shape index (κ2) is 8.98. The number of nitrogens with one attached hydrogen (secondary N) is 1. The van der Waals surface area contributed by atoms with Gasteiger partial charge in [0, 0.05) is 22.1 Å². The van der Waals surface area contributed by atoms with E-state index in [-0.39, 0.29) is 12.0 Å². The summed E-state index contributed by atoms with van der Waals surface area (Å²) >= 11 is 3.40. The Hall–Kier alpha value is -1.30. The largest absolute Gasteiger partial charge is 0.393 e. The standard InChI is InChI=1S/C17H21NO2S2/c1-2-13(19)9-10-18-17(20)15-7-3-4-8-16(15)22-12-14-6-5-11-21-14/h3-8,11,13,19H,2,9-10,12H2,1H3,(H,18,20). The molecule has 0 saturated heterocycles. The van der Waals surface area contributed by atoms with E-state index in [0.29, 0.717) is 24.9 Å². The number of aliphatic hydroxyl groups excluding tert-OH is 1. The predicted molar refractivity (Wildman–Crippen MR) is 93.6 cm³/mol. The van der Waals surface area contributed by atoms with E-state index in [4.69, 9.17) is 0 Å². The molecule has 0 bridgehead atoms. The lowest BCUT2D eigenvalue weighted by Gasteiger charge is -2.11. The SMILES string of the molecule is CCC(O)CCNC(=O)c1ccccc1SCc1cccs1. The Labute approximate surface area is 139 Å². The van der Waals surface area contributed by atoms with Gasteiger partial charge in [-0.1, -0.05) is 25.1 Å².